The normalized spacial score (nSPS) is 19.1. The molecule has 0 aliphatic carbocycles. The SMILES string of the molecule is CC(C)N(CC1CCCCN1)C(=O)Cc1cccnc1. The summed E-state index contributed by atoms with van der Waals surface area (Å²) < 4.78 is 0. The molecule has 2 rings (SSSR count). The Labute approximate surface area is 121 Å². The van der Waals surface area contributed by atoms with Crippen molar-refractivity contribution in [1.82, 2.24) is 15.2 Å². The molecule has 1 atom stereocenters. The van der Waals surface area contributed by atoms with E-state index in [4.69, 9.17) is 0 Å². The van der Waals surface area contributed by atoms with Gasteiger partial charge in [0.1, 0.15) is 0 Å². The van der Waals surface area contributed by atoms with E-state index >= 15 is 0 Å². The minimum Gasteiger partial charge on any atom is -0.338 e. The molecule has 0 saturated carbocycles. The Morgan fingerprint density at radius 2 is 2.35 bits per heavy atom. The summed E-state index contributed by atoms with van der Waals surface area (Å²) in [5.74, 6) is 0.195. The van der Waals surface area contributed by atoms with Crippen LogP contribution in [0.15, 0.2) is 24.5 Å². The highest BCUT2D eigenvalue weighted by molar-refractivity contribution is 5.79. The fourth-order valence-corrected chi connectivity index (χ4v) is 2.70. The van der Waals surface area contributed by atoms with E-state index in [1.165, 1.54) is 19.3 Å². The maximum Gasteiger partial charge on any atom is 0.227 e. The molecule has 1 aliphatic rings. The maximum absolute atomic E-state index is 12.5. The van der Waals surface area contributed by atoms with Crippen molar-refractivity contribution in [2.45, 2.75) is 51.6 Å². The molecule has 4 heteroatoms. The van der Waals surface area contributed by atoms with Crippen molar-refractivity contribution in [2.24, 2.45) is 0 Å². The molecular formula is C16H25N3O. The van der Waals surface area contributed by atoms with E-state index in [2.05, 4.69) is 24.1 Å². The van der Waals surface area contributed by atoms with Crippen LogP contribution in [0, 0.1) is 0 Å². The largest absolute Gasteiger partial charge is 0.338 e. The zero-order chi connectivity index (χ0) is 14.4. The van der Waals surface area contributed by atoms with Crippen molar-refractivity contribution < 1.29 is 4.79 Å². The van der Waals surface area contributed by atoms with Crippen LogP contribution in [-0.2, 0) is 11.2 Å². The van der Waals surface area contributed by atoms with Crippen molar-refractivity contribution in [3.63, 3.8) is 0 Å². The summed E-state index contributed by atoms with van der Waals surface area (Å²) in [5, 5.41) is 3.52. The molecule has 1 amide bonds. The summed E-state index contributed by atoms with van der Waals surface area (Å²) in [6.07, 6.45) is 7.64. The lowest BCUT2D eigenvalue weighted by Crippen LogP contribution is -2.48. The van der Waals surface area contributed by atoms with Crippen LogP contribution in [0.25, 0.3) is 0 Å². The van der Waals surface area contributed by atoms with E-state index in [0.29, 0.717) is 12.5 Å². The first kappa shape index (κ1) is 15.0. The minimum atomic E-state index is 0.195. The molecule has 2 heterocycles. The summed E-state index contributed by atoms with van der Waals surface area (Å²) in [6.45, 7) is 6.07. The van der Waals surface area contributed by atoms with E-state index in [9.17, 15) is 4.79 Å². The number of hydrogen-bond donors (Lipinski definition) is 1. The van der Waals surface area contributed by atoms with E-state index in [1.807, 2.05) is 17.0 Å². The van der Waals surface area contributed by atoms with Crippen LogP contribution in [-0.4, -0.2) is 41.0 Å². The Kier molecular flexibility index (Phi) is 5.53. The van der Waals surface area contributed by atoms with Crippen LogP contribution in [0.1, 0.15) is 38.7 Å². The second-order valence-electron chi connectivity index (χ2n) is 5.82. The van der Waals surface area contributed by atoms with Gasteiger partial charge in [0, 0.05) is 31.0 Å². The topological polar surface area (TPSA) is 45.2 Å². The number of carbonyl (C=O) groups is 1. The van der Waals surface area contributed by atoms with Gasteiger partial charge in [0.05, 0.1) is 6.42 Å². The minimum absolute atomic E-state index is 0.195. The van der Waals surface area contributed by atoms with Gasteiger partial charge in [-0.15, -0.1) is 0 Å². The average molecular weight is 275 g/mol. The number of piperidine rings is 1. The van der Waals surface area contributed by atoms with Gasteiger partial charge in [-0.25, -0.2) is 0 Å². The third-order valence-corrected chi connectivity index (χ3v) is 3.85. The summed E-state index contributed by atoms with van der Waals surface area (Å²) in [4.78, 5) is 18.6. The van der Waals surface area contributed by atoms with Crippen molar-refractivity contribution in [3.8, 4) is 0 Å². The quantitative estimate of drug-likeness (QED) is 0.894. The smallest absolute Gasteiger partial charge is 0.227 e. The molecule has 0 aromatic carbocycles. The molecule has 1 aromatic heterocycles. The number of amides is 1. The number of nitrogens with zero attached hydrogens (tertiary/aromatic N) is 2. The maximum atomic E-state index is 12.5. The molecular weight excluding hydrogens is 250 g/mol. The number of hydrogen-bond acceptors (Lipinski definition) is 3. The van der Waals surface area contributed by atoms with Crippen molar-refractivity contribution in [3.05, 3.63) is 30.1 Å². The summed E-state index contributed by atoms with van der Waals surface area (Å²) in [7, 11) is 0. The van der Waals surface area contributed by atoms with Crippen LogP contribution >= 0.6 is 0 Å². The monoisotopic (exact) mass is 275 g/mol. The van der Waals surface area contributed by atoms with E-state index in [1.54, 1.807) is 12.4 Å². The fourth-order valence-electron chi connectivity index (χ4n) is 2.70. The molecule has 0 bridgehead atoms. The number of nitrogens with one attached hydrogen (secondary N) is 1. The zero-order valence-corrected chi connectivity index (χ0v) is 12.5. The Balaban J connectivity index is 1.95. The van der Waals surface area contributed by atoms with Crippen LogP contribution in [0.4, 0.5) is 0 Å². The summed E-state index contributed by atoms with van der Waals surface area (Å²) in [6, 6.07) is 4.53. The molecule has 0 spiro atoms. The summed E-state index contributed by atoms with van der Waals surface area (Å²) in [5.41, 5.74) is 0.986. The first-order valence-electron chi connectivity index (χ1n) is 7.58. The van der Waals surface area contributed by atoms with Gasteiger partial charge in [-0.1, -0.05) is 12.5 Å². The standard InChI is InChI=1S/C16H25N3O/c1-13(2)19(12-15-7-3-4-9-18-15)16(20)10-14-6-5-8-17-11-14/h5-6,8,11,13,15,18H,3-4,7,9-10,12H2,1-2H3. The second-order valence-corrected chi connectivity index (χ2v) is 5.82. The van der Waals surface area contributed by atoms with Crippen LogP contribution in [0.2, 0.25) is 0 Å². The molecule has 1 unspecified atom stereocenters. The average Bonchev–Trinajstić information content (AvgIpc) is 2.46. The van der Waals surface area contributed by atoms with Crippen molar-refractivity contribution in [1.29, 1.82) is 0 Å². The highest BCUT2D eigenvalue weighted by atomic mass is 16.2. The van der Waals surface area contributed by atoms with Crippen molar-refractivity contribution >= 4 is 5.91 Å². The molecule has 20 heavy (non-hydrogen) atoms. The first-order chi connectivity index (χ1) is 9.66. The highest BCUT2D eigenvalue weighted by Gasteiger charge is 2.22. The second kappa shape index (κ2) is 7.39. The van der Waals surface area contributed by atoms with E-state index in [-0.39, 0.29) is 11.9 Å². The third kappa shape index (κ3) is 4.30. The third-order valence-electron chi connectivity index (χ3n) is 3.85. The van der Waals surface area contributed by atoms with Gasteiger partial charge < -0.3 is 10.2 Å². The van der Waals surface area contributed by atoms with Gasteiger partial charge in [-0.3, -0.25) is 9.78 Å². The Morgan fingerprint density at radius 1 is 1.50 bits per heavy atom. The van der Waals surface area contributed by atoms with Crippen LogP contribution in [0.3, 0.4) is 0 Å². The Bertz CT molecular complexity index is 413. The number of carbonyl (C=O) groups excluding carboxylic acids is 1. The highest BCUT2D eigenvalue weighted by Crippen LogP contribution is 2.12. The van der Waals surface area contributed by atoms with Crippen LogP contribution < -0.4 is 5.32 Å². The molecule has 110 valence electrons. The van der Waals surface area contributed by atoms with E-state index < -0.39 is 0 Å². The van der Waals surface area contributed by atoms with Crippen LogP contribution in [0.5, 0.6) is 0 Å². The predicted molar refractivity (Wildman–Crippen MR) is 80.4 cm³/mol. The van der Waals surface area contributed by atoms with Gasteiger partial charge in [0.2, 0.25) is 5.91 Å². The zero-order valence-electron chi connectivity index (χ0n) is 12.5. The van der Waals surface area contributed by atoms with Gasteiger partial charge in [-0.2, -0.15) is 0 Å². The molecule has 1 fully saturated rings. The molecule has 4 nitrogen and oxygen atoms in total. The first-order valence-corrected chi connectivity index (χ1v) is 7.58. The lowest BCUT2D eigenvalue weighted by Gasteiger charge is -2.33. The van der Waals surface area contributed by atoms with E-state index in [0.717, 1.165) is 18.7 Å². The molecule has 1 N–H and O–H groups in total. The molecule has 0 radical (unpaired) electrons. The Hall–Kier alpha value is -1.42. The summed E-state index contributed by atoms with van der Waals surface area (Å²) >= 11 is 0. The van der Waals surface area contributed by atoms with Gasteiger partial charge in [0.25, 0.3) is 0 Å². The Morgan fingerprint density at radius 3 is 2.95 bits per heavy atom. The van der Waals surface area contributed by atoms with Gasteiger partial charge in [0.15, 0.2) is 0 Å². The van der Waals surface area contributed by atoms with Crippen molar-refractivity contribution in [2.75, 3.05) is 13.1 Å². The number of pyridine rings is 1. The number of aromatic nitrogens is 1. The molecule has 1 aliphatic heterocycles. The lowest BCUT2D eigenvalue weighted by atomic mass is 10.0. The lowest BCUT2D eigenvalue weighted by molar-refractivity contribution is -0.132. The predicted octanol–water partition coefficient (Wildman–Crippen LogP) is 2.00. The molecule has 1 saturated heterocycles. The number of rotatable bonds is 5. The fraction of sp³-hybridized carbons (Fsp3) is 0.625. The molecule has 1 aromatic rings. The van der Waals surface area contributed by atoms with Gasteiger partial charge in [-0.05, 0) is 44.9 Å². The van der Waals surface area contributed by atoms with Gasteiger partial charge >= 0.3 is 0 Å².